The van der Waals surface area contributed by atoms with E-state index in [0.29, 0.717) is 0 Å². The fourth-order valence-corrected chi connectivity index (χ4v) is 0. The molecule has 0 unspecified atom stereocenters. The van der Waals surface area contributed by atoms with Crippen LogP contribution in [0, 0.1) is 7.11 Å². The first-order valence-electron chi connectivity index (χ1n) is 1.35. The van der Waals surface area contributed by atoms with E-state index in [9.17, 15) is 12.9 Å². The first kappa shape index (κ1) is 16.2. The Morgan fingerprint density at radius 2 is 1.38 bits per heavy atom. The molecule has 0 aliphatic rings. The Hall–Kier alpha value is 1.45. The average molecular weight is 152 g/mol. The second kappa shape index (κ2) is 15.8. The van der Waals surface area contributed by atoms with Gasteiger partial charge in [0.25, 0.3) is 0 Å². The number of hydrogen-bond acceptors (Lipinski definition) is 1. The van der Waals surface area contributed by atoms with E-state index in [4.69, 9.17) is 0 Å². The van der Waals surface area contributed by atoms with Gasteiger partial charge in [-0.2, -0.15) is 0 Å². The molecule has 0 heterocycles. The summed E-state index contributed by atoms with van der Waals surface area (Å²) in [6, 6.07) is 0. The van der Waals surface area contributed by atoms with Crippen molar-refractivity contribution in [3.05, 3.63) is 7.11 Å². The van der Waals surface area contributed by atoms with Gasteiger partial charge in [-0.1, -0.05) is 0 Å². The van der Waals surface area contributed by atoms with Crippen molar-refractivity contribution in [2.45, 2.75) is 0 Å². The third-order valence-electron chi connectivity index (χ3n) is 0. The molecule has 0 aromatic carbocycles. The van der Waals surface area contributed by atoms with Crippen molar-refractivity contribution in [1.29, 1.82) is 0 Å². The summed E-state index contributed by atoms with van der Waals surface area (Å²) in [4.78, 5) is 0. The second-order valence-corrected chi connectivity index (χ2v) is 0.536. The molecule has 0 aromatic heterocycles. The van der Waals surface area contributed by atoms with Gasteiger partial charge in [-0.25, -0.2) is 7.11 Å². The van der Waals surface area contributed by atoms with Crippen LogP contribution in [0.5, 0.6) is 0 Å². The molecule has 0 atom stereocenters. The molecule has 0 radical (unpaired) electrons. The zero-order valence-electron chi connectivity index (χ0n) is 4.83. The molecule has 0 saturated carbocycles. The van der Waals surface area contributed by atoms with E-state index in [1.54, 1.807) is 0 Å². The van der Waals surface area contributed by atoms with Crippen LogP contribution in [-0.2, 0) is 4.74 Å². The summed E-state index contributed by atoms with van der Waals surface area (Å²) in [5.41, 5.74) is 0. The predicted molar refractivity (Wildman–Crippen MR) is 21.4 cm³/mol. The summed E-state index contributed by atoms with van der Waals surface area (Å²) in [6.45, 7) is 0. The maximum Gasteiger partial charge on any atom is 1.00 e. The summed E-state index contributed by atoms with van der Waals surface area (Å²) in [6.07, 6.45) is 0. The number of rotatable bonds is 0. The van der Waals surface area contributed by atoms with Crippen molar-refractivity contribution in [3.8, 4) is 0 Å². The Labute approximate surface area is 89.6 Å². The third-order valence-corrected chi connectivity index (χ3v) is 0. The van der Waals surface area contributed by atoms with Gasteiger partial charge in [-0.05, 0) is 7.11 Å². The number of hydrogen-bond donors (Lipinski definition) is 0. The smallest absolute Gasteiger partial charge is 0.557 e. The summed E-state index contributed by atoms with van der Waals surface area (Å²) in [5, 5.41) is 0. The molecule has 0 aromatic rings. The maximum absolute atomic E-state index is 9.67. The molecule has 0 fully saturated rings. The normalized spacial score (nSPS) is 5.62. The quantitative estimate of drug-likeness (QED) is 0.297. The third kappa shape index (κ3) is 147. The molecule has 44 valence electrons. The van der Waals surface area contributed by atoms with E-state index in [0.717, 1.165) is 0 Å². The van der Waals surface area contributed by atoms with E-state index < -0.39 is 7.54 Å². The van der Waals surface area contributed by atoms with E-state index in [1.165, 1.54) is 7.11 Å². The predicted octanol–water partition coefficient (Wildman–Crippen LogP) is -1.69. The van der Waals surface area contributed by atoms with Gasteiger partial charge in [0.2, 0.25) is 0 Å². The Balaban J connectivity index is -0.0000000575. The van der Waals surface area contributed by atoms with Crippen molar-refractivity contribution < 1.29 is 69.1 Å². The molecule has 8 heavy (non-hydrogen) atoms. The fraction of sp³-hybridized carbons (Fsp3) is 0.500. The second-order valence-electron chi connectivity index (χ2n) is 0.536. The van der Waals surface area contributed by atoms with Gasteiger partial charge in [0.15, 0.2) is 0 Å². The average Bonchev–Trinajstić information content (AvgIpc) is 1.33. The van der Waals surface area contributed by atoms with Gasteiger partial charge < -0.3 is 4.74 Å². The van der Waals surface area contributed by atoms with E-state index in [2.05, 4.69) is 11.8 Å². The number of ether oxygens (including phenoxy) is 1. The summed E-state index contributed by atoms with van der Waals surface area (Å²) < 4.78 is 33.0. The zero-order chi connectivity index (χ0) is 6.28. The molecule has 0 aliphatic carbocycles. The van der Waals surface area contributed by atoms with Gasteiger partial charge in [0.05, 0.1) is 0 Å². The van der Waals surface area contributed by atoms with Crippen molar-refractivity contribution in [3.63, 3.8) is 0 Å². The van der Waals surface area contributed by atoms with Crippen LogP contribution in [0.25, 0.3) is 0 Å². The van der Waals surface area contributed by atoms with Crippen molar-refractivity contribution >= 4 is 7.54 Å². The maximum atomic E-state index is 9.67. The molecule has 0 saturated heterocycles. The van der Waals surface area contributed by atoms with Crippen LogP contribution < -0.4 is 51.4 Å². The molecule has 6 heteroatoms. The van der Waals surface area contributed by atoms with Gasteiger partial charge in [0.1, 0.15) is 0 Å². The van der Waals surface area contributed by atoms with Crippen LogP contribution in [0.15, 0.2) is 0 Å². The van der Waals surface area contributed by atoms with Crippen LogP contribution in [0.1, 0.15) is 0 Å². The number of halogens is 3. The minimum atomic E-state index is -3.67. The SMILES string of the molecule is FB(F)F.[CH2-]OC.[K+]. The fourth-order valence-electron chi connectivity index (χ4n) is 0. The minimum absolute atomic E-state index is 0. The topological polar surface area (TPSA) is 9.23 Å². The molecule has 0 N–H and O–H groups in total. The minimum Gasteiger partial charge on any atom is -0.557 e. The molecular weight excluding hydrogens is 147 g/mol. The van der Waals surface area contributed by atoms with Crippen LogP contribution in [0.2, 0.25) is 0 Å². The van der Waals surface area contributed by atoms with Gasteiger partial charge in [0, 0.05) is 0 Å². The Morgan fingerprint density at radius 3 is 1.38 bits per heavy atom. The van der Waals surface area contributed by atoms with Gasteiger partial charge >= 0.3 is 58.9 Å². The largest absolute Gasteiger partial charge is 1.00 e. The van der Waals surface area contributed by atoms with Crippen LogP contribution in [0.3, 0.4) is 0 Å². The monoisotopic (exact) mass is 152 g/mol. The molecule has 0 amide bonds. The van der Waals surface area contributed by atoms with Gasteiger partial charge in [-0.3, -0.25) is 12.9 Å². The summed E-state index contributed by atoms with van der Waals surface area (Å²) in [7, 11) is 0.833. The van der Waals surface area contributed by atoms with Crippen molar-refractivity contribution in [1.82, 2.24) is 0 Å². The first-order valence-corrected chi connectivity index (χ1v) is 1.35. The van der Waals surface area contributed by atoms with Crippen molar-refractivity contribution in [2.24, 2.45) is 0 Å². The standard InChI is InChI=1S/C2H5O.BF3.K/c1-3-2;2-1(3)4;/h1H2,2H3;;/q-1;;+1. The van der Waals surface area contributed by atoms with Crippen molar-refractivity contribution in [2.75, 3.05) is 7.11 Å². The van der Waals surface area contributed by atoms with Gasteiger partial charge in [-0.15, -0.1) is 0 Å². The molecule has 1 nitrogen and oxygen atoms in total. The first-order chi connectivity index (χ1) is 3.15. The number of methoxy groups -OCH3 is 1. The molecule has 0 rings (SSSR count). The molecule has 0 bridgehead atoms. The van der Waals surface area contributed by atoms with Crippen LogP contribution in [0.4, 0.5) is 12.9 Å². The van der Waals surface area contributed by atoms with E-state index in [1.807, 2.05) is 0 Å². The Kier molecular flexibility index (Phi) is 32.0. The van der Waals surface area contributed by atoms with Crippen LogP contribution in [-0.4, -0.2) is 14.7 Å². The Morgan fingerprint density at radius 1 is 1.38 bits per heavy atom. The molecule has 0 aliphatic heterocycles. The Bertz CT molecular complexity index is 28.5. The van der Waals surface area contributed by atoms with E-state index >= 15 is 0 Å². The molecular formula is C2H5BF3KO. The van der Waals surface area contributed by atoms with E-state index in [-0.39, 0.29) is 51.4 Å². The summed E-state index contributed by atoms with van der Waals surface area (Å²) in [5.74, 6) is 0. The molecule has 0 spiro atoms. The van der Waals surface area contributed by atoms with Crippen LogP contribution >= 0.6 is 0 Å². The summed E-state index contributed by atoms with van der Waals surface area (Å²) >= 11 is 0. The zero-order valence-corrected chi connectivity index (χ0v) is 7.95.